The highest BCUT2D eigenvalue weighted by molar-refractivity contribution is 9.10. The molecule has 29 heavy (non-hydrogen) atoms. The molecule has 0 aliphatic carbocycles. The first-order chi connectivity index (χ1) is 13.2. The molecular weight excluding hydrogens is 438 g/mol. The van der Waals surface area contributed by atoms with Crippen LogP contribution in [0.5, 0.6) is 0 Å². The van der Waals surface area contributed by atoms with Gasteiger partial charge in [0.15, 0.2) is 0 Å². The summed E-state index contributed by atoms with van der Waals surface area (Å²) in [6, 6.07) is 5.65. The van der Waals surface area contributed by atoms with Crippen LogP contribution >= 0.6 is 15.9 Å². The lowest BCUT2D eigenvalue weighted by Crippen LogP contribution is -2.59. The van der Waals surface area contributed by atoms with E-state index in [0.29, 0.717) is 12.1 Å². The monoisotopic (exact) mass is 469 g/mol. The molecule has 7 nitrogen and oxygen atoms in total. The zero-order valence-corrected chi connectivity index (χ0v) is 19.5. The van der Waals surface area contributed by atoms with Crippen LogP contribution in [0.3, 0.4) is 0 Å². The van der Waals surface area contributed by atoms with E-state index in [4.69, 9.17) is 0 Å². The van der Waals surface area contributed by atoms with Crippen LogP contribution in [0.1, 0.15) is 54.4 Å². The molecule has 8 heteroatoms. The second-order valence-corrected chi connectivity index (χ2v) is 10.1. The Morgan fingerprint density at radius 2 is 1.62 bits per heavy atom. The predicted molar refractivity (Wildman–Crippen MR) is 118 cm³/mol. The third-order valence-corrected chi connectivity index (χ3v) is 4.71. The molecule has 1 aromatic carbocycles. The molecule has 0 fully saturated rings. The minimum Gasteiger partial charge on any atom is -0.480 e. The number of amides is 3. The van der Waals surface area contributed by atoms with E-state index in [0.717, 1.165) is 4.47 Å². The zero-order chi connectivity index (χ0) is 22.4. The van der Waals surface area contributed by atoms with Gasteiger partial charge in [-0.1, -0.05) is 50.5 Å². The number of urea groups is 1. The molecule has 2 atom stereocenters. The Kier molecular flexibility index (Phi) is 8.68. The van der Waals surface area contributed by atoms with Crippen molar-refractivity contribution in [3.05, 3.63) is 28.7 Å². The highest BCUT2D eigenvalue weighted by Gasteiger charge is 2.40. The molecule has 0 spiro atoms. The lowest BCUT2D eigenvalue weighted by Gasteiger charge is -2.34. The maximum Gasteiger partial charge on any atom is 0.329 e. The molecule has 0 aliphatic rings. The number of carboxylic acid groups (broad SMARTS) is 1. The fraction of sp³-hybridized carbons (Fsp3) is 0.571. The van der Waals surface area contributed by atoms with Crippen molar-refractivity contribution in [3.63, 3.8) is 0 Å². The van der Waals surface area contributed by atoms with Gasteiger partial charge in [-0.2, -0.15) is 0 Å². The number of aliphatic carboxylic acids is 1. The van der Waals surface area contributed by atoms with Gasteiger partial charge >= 0.3 is 12.0 Å². The molecule has 162 valence electrons. The molecule has 0 saturated heterocycles. The topological polar surface area (TPSA) is 108 Å². The summed E-state index contributed by atoms with van der Waals surface area (Å²) in [5, 5.41) is 17.7. The molecule has 0 heterocycles. The van der Waals surface area contributed by atoms with Crippen molar-refractivity contribution in [1.29, 1.82) is 0 Å². The van der Waals surface area contributed by atoms with E-state index in [1.807, 2.05) is 34.6 Å². The molecule has 0 aromatic heterocycles. The van der Waals surface area contributed by atoms with Gasteiger partial charge in [0.1, 0.15) is 11.6 Å². The van der Waals surface area contributed by atoms with Gasteiger partial charge in [-0.3, -0.25) is 4.79 Å². The predicted octanol–water partition coefficient (Wildman–Crippen LogP) is 4.38. The van der Waals surface area contributed by atoms with Crippen molar-refractivity contribution >= 4 is 39.5 Å². The molecule has 4 N–H and O–H groups in total. The fourth-order valence-corrected chi connectivity index (χ4v) is 3.42. The van der Waals surface area contributed by atoms with Gasteiger partial charge in [-0.25, -0.2) is 9.59 Å². The summed E-state index contributed by atoms with van der Waals surface area (Å²) >= 11 is 3.33. The molecule has 1 aromatic rings. The quantitative estimate of drug-likeness (QED) is 0.452. The Hall–Kier alpha value is -2.09. The van der Waals surface area contributed by atoms with E-state index < -0.39 is 29.5 Å². The lowest BCUT2D eigenvalue weighted by atomic mass is 9.80. The van der Waals surface area contributed by atoms with Gasteiger partial charge in [0.25, 0.3) is 0 Å². The fourth-order valence-electron chi connectivity index (χ4n) is 3.15. The number of hydrogen-bond acceptors (Lipinski definition) is 3. The van der Waals surface area contributed by atoms with Gasteiger partial charge in [-0.05, 0) is 55.4 Å². The Morgan fingerprint density at radius 1 is 1.07 bits per heavy atom. The average molecular weight is 470 g/mol. The van der Waals surface area contributed by atoms with Crippen molar-refractivity contribution in [3.8, 4) is 0 Å². The largest absolute Gasteiger partial charge is 0.480 e. The number of carbonyl (C=O) groups excluding carboxylic acids is 2. The SMILES string of the molecule is CC(C)C[C@H](NC(=O)Nc1ccc(Br)cc1)C(=O)NC(C)(CC(C)(C)C)C(=O)O. The van der Waals surface area contributed by atoms with E-state index in [1.165, 1.54) is 6.92 Å². The lowest BCUT2D eigenvalue weighted by molar-refractivity contribution is -0.148. The number of benzene rings is 1. The molecule has 0 radical (unpaired) electrons. The number of nitrogens with one attached hydrogen (secondary N) is 3. The number of halogens is 1. The minimum absolute atomic E-state index is 0.123. The summed E-state index contributed by atoms with van der Waals surface area (Å²) in [5.74, 6) is -1.50. The Morgan fingerprint density at radius 3 is 2.07 bits per heavy atom. The van der Waals surface area contributed by atoms with E-state index in [2.05, 4.69) is 31.9 Å². The molecule has 1 rings (SSSR count). The third-order valence-electron chi connectivity index (χ3n) is 4.19. The van der Waals surface area contributed by atoms with Gasteiger partial charge in [0, 0.05) is 10.2 Å². The van der Waals surface area contributed by atoms with Crippen LogP contribution in [0, 0.1) is 11.3 Å². The van der Waals surface area contributed by atoms with Gasteiger partial charge in [-0.15, -0.1) is 0 Å². The standard InChI is InChI=1S/C21H32BrN3O4/c1-13(2)11-16(24-19(29)23-15-9-7-14(22)8-10-15)17(26)25-21(6,18(27)28)12-20(3,4)5/h7-10,13,16H,11-12H2,1-6H3,(H,25,26)(H,27,28)(H2,23,24,29)/t16-,21?/m0/s1. The van der Waals surface area contributed by atoms with Crippen molar-refractivity contribution in [2.45, 2.75) is 66.0 Å². The summed E-state index contributed by atoms with van der Waals surface area (Å²) in [5.41, 5.74) is -1.16. The first-order valence-electron chi connectivity index (χ1n) is 9.60. The van der Waals surface area contributed by atoms with Crippen LogP contribution in [-0.4, -0.2) is 34.6 Å². The second kappa shape index (κ2) is 10.1. The number of carbonyl (C=O) groups is 3. The third kappa shape index (κ3) is 8.85. The summed E-state index contributed by atoms with van der Waals surface area (Å²) in [6.45, 7) is 11.1. The summed E-state index contributed by atoms with van der Waals surface area (Å²) in [4.78, 5) is 37.1. The summed E-state index contributed by atoms with van der Waals surface area (Å²) in [6.07, 6.45) is 0.630. The first-order valence-corrected chi connectivity index (χ1v) is 10.4. The summed E-state index contributed by atoms with van der Waals surface area (Å²) < 4.78 is 0.882. The van der Waals surface area contributed by atoms with E-state index in [1.54, 1.807) is 24.3 Å². The Bertz CT molecular complexity index is 728. The van der Waals surface area contributed by atoms with Crippen molar-refractivity contribution in [1.82, 2.24) is 10.6 Å². The Labute approximate surface area is 181 Å². The molecule has 1 unspecified atom stereocenters. The molecule has 3 amide bonds. The maximum absolute atomic E-state index is 12.9. The average Bonchev–Trinajstić information content (AvgIpc) is 2.54. The highest BCUT2D eigenvalue weighted by Crippen LogP contribution is 2.27. The first kappa shape index (κ1) is 24.9. The van der Waals surface area contributed by atoms with Crippen molar-refractivity contribution in [2.75, 3.05) is 5.32 Å². The van der Waals surface area contributed by atoms with E-state index >= 15 is 0 Å². The second-order valence-electron chi connectivity index (χ2n) is 9.15. The van der Waals surface area contributed by atoms with Crippen molar-refractivity contribution in [2.24, 2.45) is 11.3 Å². The van der Waals surface area contributed by atoms with Crippen LogP contribution in [0.2, 0.25) is 0 Å². The van der Waals surface area contributed by atoms with Crippen LogP contribution in [-0.2, 0) is 9.59 Å². The smallest absolute Gasteiger partial charge is 0.329 e. The minimum atomic E-state index is -1.44. The number of anilines is 1. The van der Waals surface area contributed by atoms with Crippen LogP contribution in [0.25, 0.3) is 0 Å². The van der Waals surface area contributed by atoms with Gasteiger partial charge in [0.2, 0.25) is 5.91 Å². The number of rotatable bonds is 8. The van der Waals surface area contributed by atoms with E-state index in [9.17, 15) is 19.5 Å². The van der Waals surface area contributed by atoms with Crippen LogP contribution < -0.4 is 16.0 Å². The Balaban J connectivity index is 2.92. The molecule has 0 bridgehead atoms. The molecule has 0 saturated carbocycles. The molecular formula is C21H32BrN3O4. The van der Waals surface area contributed by atoms with Gasteiger partial charge < -0.3 is 21.1 Å². The van der Waals surface area contributed by atoms with Crippen molar-refractivity contribution < 1.29 is 19.5 Å². The number of hydrogen-bond donors (Lipinski definition) is 4. The highest BCUT2D eigenvalue weighted by atomic mass is 79.9. The number of carboxylic acids is 1. The summed E-state index contributed by atoms with van der Waals surface area (Å²) in [7, 11) is 0. The van der Waals surface area contributed by atoms with Crippen LogP contribution in [0.15, 0.2) is 28.7 Å². The van der Waals surface area contributed by atoms with Gasteiger partial charge in [0.05, 0.1) is 0 Å². The maximum atomic E-state index is 12.9. The van der Waals surface area contributed by atoms with Crippen LogP contribution in [0.4, 0.5) is 10.5 Å². The zero-order valence-electron chi connectivity index (χ0n) is 17.9. The van der Waals surface area contributed by atoms with E-state index in [-0.39, 0.29) is 17.8 Å². The normalized spacial score (nSPS) is 14.6. The molecule has 0 aliphatic heterocycles.